The van der Waals surface area contributed by atoms with Crippen molar-refractivity contribution in [3.8, 4) is 0 Å². The quantitative estimate of drug-likeness (QED) is 0.482. The molecule has 0 saturated carbocycles. The third-order valence-corrected chi connectivity index (χ3v) is 3.61. The van der Waals surface area contributed by atoms with Gasteiger partial charge in [-0.15, -0.1) is 0 Å². The van der Waals surface area contributed by atoms with Crippen LogP contribution in [0.2, 0.25) is 0 Å². The minimum Gasteiger partial charge on any atom is -0.453 e. The van der Waals surface area contributed by atoms with Gasteiger partial charge in [0.15, 0.2) is 5.11 Å². The maximum absolute atomic E-state index is 11.9. The van der Waals surface area contributed by atoms with Crippen LogP contribution >= 0.6 is 12.2 Å². The van der Waals surface area contributed by atoms with Crippen LogP contribution in [0, 0.1) is 0 Å². The third kappa shape index (κ3) is 3.95. The molecule has 128 valence electrons. The summed E-state index contributed by atoms with van der Waals surface area (Å²) in [6.45, 7) is 3.56. The number of allylic oxidation sites excluding steroid dienone is 3. The number of thiocarbonyl (C=S) groups is 1. The van der Waals surface area contributed by atoms with Crippen LogP contribution in [0.4, 0.5) is 0 Å². The van der Waals surface area contributed by atoms with Crippen LogP contribution in [0.5, 0.6) is 0 Å². The van der Waals surface area contributed by atoms with E-state index in [1.54, 1.807) is 26.0 Å². The Labute approximate surface area is 150 Å². The summed E-state index contributed by atoms with van der Waals surface area (Å²) in [6.07, 6.45) is 4.65. The summed E-state index contributed by atoms with van der Waals surface area (Å²) >= 11 is 4.76. The molecule has 25 heavy (non-hydrogen) atoms. The van der Waals surface area contributed by atoms with Gasteiger partial charge in [0.25, 0.3) is 11.8 Å². The molecule has 0 radical (unpaired) electrons. The Balaban J connectivity index is 1.93. The number of ether oxygens (including phenoxy) is 2. The van der Waals surface area contributed by atoms with Crippen molar-refractivity contribution < 1.29 is 19.1 Å². The first-order valence-electron chi connectivity index (χ1n) is 7.58. The maximum Gasteiger partial charge on any atom is 0.263 e. The average molecular weight is 356 g/mol. The van der Waals surface area contributed by atoms with E-state index in [-0.39, 0.29) is 10.7 Å². The van der Waals surface area contributed by atoms with Crippen molar-refractivity contribution in [2.24, 2.45) is 0 Å². The van der Waals surface area contributed by atoms with Gasteiger partial charge in [0.1, 0.15) is 17.1 Å². The lowest BCUT2D eigenvalue weighted by Crippen LogP contribution is -2.51. The Bertz CT molecular complexity index is 816. The first-order valence-corrected chi connectivity index (χ1v) is 7.99. The molecule has 1 aromatic rings. The molecule has 0 unspecified atom stereocenters. The molecule has 1 saturated heterocycles. The van der Waals surface area contributed by atoms with Crippen molar-refractivity contribution in [3.05, 3.63) is 65.5 Å². The topological polar surface area (TPSA) is 76.7 Å². The first-order chi connectivity index (χ1) is 11.8. The zero-order chi connectivity index (χ0) is 18.0. The van der Waals surface area contributed by atoms with Crippen LogP contribution in [0.15, 0.2) is 59.9 Å². The molecule has 2 N–H and O–H groups in total. The highest BCUT2D eigenvalue weighted by Crippen LogP contribution is 2.32. The zero-order valence-electron chi connectivity index (χ0n) is 13.7. The fourth-order valence-corrected chi connectivity index (χ4v) is 2.56. The van der Waals surface area contributed by atoms with Gasteiger partial charge in [-0.05, 0) is 24.4 Å². The highest BCUT2D eigenvalue weighted by molar-refractivity contribution is 7.80. The highest BCUT2D eigenvalue weighted by Gasteiger charge is 2.29. The Kier molecular flexibility index (Phi) is 4.41. The molecular formula is C18H16N2O4S. The molecule has 0 bridgehead atoms. The van der Waals surface area contributed by atoms with Gasteiger partial charge in [-0.25, -0.2) is 0 Å². The summed E-state index contributed by atoms with van der Waals surface area (Å²) in [5, 5.41) is 4.76. The van der Waals surface area contributed by atoms with Gasteiger partial charge in [0.05, 0.1) is 0 Å². The summed E-state index contributed by atoms with van der Waals surface area (Å²) in [7, 11) is 0. The molecule has 7 heteroatoms. The predicted molar refractivity (Wildman–Crippen MR) is 95.7 cm³/mol. The molecule has 2 amide bonds. The minimum absolute atomic E-state index is 0.00508. The van der Waals surface area contributed by atoms with E-state index in [9.17, 15) is 9.59 Å². The van der Waals surface area contributed by atoms with E-state index < -0.39 is 17.6 Å². The monoisotopic (exact) mass is 356 g/mol. The number of carbonyl (C=O) groups excluding carboxylic acids is 2. The predicted octanol–water partition coefficient (Wildman–Crippen LogP) is 2.15. The van der Waals surface area contributed by atoms with Gasteiger partial charge in [-0.2, -0.15) is 0 Å². The molecule has 0 spiro atoms. The normalized spacial score (nSPS) is 20.9. The van der Waals surface area contributed by atoms with Gasteiger partial charge in [-0.3, -0.25) is 20.2 Å². The summed E-state index contributed by atoms with van der Waals surface area (Å²) in [6, 6.07) is 9.58. The number of amides is 2. The van der Waals surface area contributed by atoms with Crippen LogP contribution in [-0.2, 0) is 19.1 Å². The van der Waals surface area contributed by atoms with Crippen LogP contribution in [0.1, 0.15) is 19.4 Å². The molecule has 3 rings (SSSR count). The van der Waals surface area contributed by atoms with E-state index in [0.29, 0.717) is 11.5 Å². The van der Waals surface area contributed by atoms with Gasteiger partial charge in [0.2, 0.25) is 5.79 Å². The lowest BCUT2D eigenvalue weighted by molar-refractivity contribution is -0.149. The largest absolute Gasteiger partial charge is 0.453 e. The van der Waals surface area contributed by atoms with E-state index in [1.165, 1.54) is 6.08 Å². The molecule has 0 aliphatic carbocycles. The number of benzene rings is 1. The fraction of sp³-hybridized carbons (Fsp3) is 0.167. The highest BCUT2D eigenvalue weighted by atomic mass is 32.1. The second-order valence-corrected chi connectivity index (χ2v) is 6.27. The molecule has 0 atom stereocenters. The summed E-state index contributed by atoms with van der Waals surface area (Å²) in [4.78, 5) is 23.7. The lowest BCUT2D eigenvalue weighted by atomic mass is 10.1. The van der Waals surface area contributed by atoms with E-state index in [0.717, 1.165) is 5.56 Å². The van der Waals surface area contributed by atoms with Crippen LogP contribution in [0.3, 0.4) is 0 Å². The Hall–Kier alpha value is -2.93. The van der Waals surface area contributed by atoms with Gasteiger partial charge in [0, 0.05) is 25.5 Å². The number of nitrogens with one attached hydrogen (secondary N) is 2. The number of hydrogen-bond donors (Lipinski definition) is 2. The van der Waals surface area contributed by atoms with Gasteiger partial charge < -0.3 is 9.47 Å². The Morgan fingerprint density at radius 3 is 2.28 bits per heavy atom. The fourth-order valence-electron chi connectivity index (χ4n) is 2.38. The number of hydrogen-bond acceptors (Lipinski definition) is 5. The van der Waals surface area contributed by atoms with Gasteiger partial charge in [-0.1, -0.05) is 30.3 Å². The standard InChI is InChI=1S/C18H16N2O4S/c1-18(2)23-12(10-14(24-18)11-6-4-3-5-7-11)8-9-13-15(21)19-17(25)20-16(13)22/h3-10H,1-2H3,(H2,19,20,21,22,25). The second kappa shape index (κ2) is 6.52. The molecular weight excluding hydrogens is 340 g/mol. The van der Waals surface area contributed by atoms with Gasteiger partial charge >= 0.3 is 0 Å². The molecule has 2 aliphatic rings. The van der Waals surface area contributed by atoms with Crippen LogP contribution in [-0.4, -0.2) is 22.7 Å². The van der Waals surface area contributed by atoms with E-state index in [2.05, 4.69) is 10.6 Å². The third-order valence-electron chi connectivity index (χ3n) is 3.41. The van der Waals surface area contributed by atoms with Crippen molar-refractivity contribution in [1.29, 1.82) is 0 Å². The average Bonchev–Trinajstić information content (AvgIpc) is 2.53. The summed E-state index contributed by atoms with van der Waals surface area (Å²) in [5.41, 5.74) is 0.847. The molecule has 1 fully saturated rings. The van der Waals surface area contributed by atoms with Crippen molar-refractivity contribution >= 4 is 34.9 Å². The van der Waals surface area contributed by atoms with Crippen molar-refractivity contribution in [3.63, 3.8) is 0 Å². The molecule has 0 aromatic heterocycles. The Morgan fingerprint density at radius 2 is 1.64 bits per heavy atom. The first kappa shape index (κ1) is 16.9. The lowest BCUT2D eigenvalue weighted by Gasteiger charge is -2.33. The van der Waals surface area contributed by atoms with E-state index >= 15 is 0 Å². The Morgan fingerprint density at radius 1 is 1.00 bits per heavy atom. The zero-order valence-corrected chi connectivity index (χ0v) is 14.5. The minimum atomic E-state index is -0.886. The molecule has 6 nitrogen and oxygen atoms in total. The van der Waals surface area contributed by atoms with Crippen molar-refractivity contribution in [2.45, 2.75) is 19.6 Å². The molecule has 1 aromatic carbocycles. The summed E-state index contributed by atoms with van der Waals surface area (Å²) in [5.74, 6) is -0.881. The maximum atomic E-state index is 11.9. The number of rotatable bonds is 2. The van der Waals surface area contributed by atoms with Crippen LogP contribution in [0.25, 0.3) is 5.76 Å². The SMILES string of the molecule is CC1(C)OC(=CC=C2C(=O)NC(=S)NC2=O)C=C(c2ccccc2)O1. The van der Waals surface area contributed by atoms with Crippen molar-refractivity contribution in [2.75, 3.05) is 0 Å². The smallest absolute Gasteiger partial charge is 0.263 e. The number of carbonyl (C=O) groups is 2. The van der Waals surface area contributed by atoms with E-state index in [4.69, 9.17) is 21.7 Å². The summed E-state index contributed by atoms with van der Waals surface area (Å²) < 4.78 is 11.6. The van der Waals surface area contributed by atoms with Crippen molar-refractivity contribution in [1.82, 2.24) is 10.6 Å². The van der Waals surface area contributed by atoms with Crippen LogP contribution < -0.4 is 10.6 Å². The molecule has 2 heterocycles. The van der Waals surface area contributed by atoms with E-state index in [1.807, 2.05) is 30.3 Å². The second-order valence-electron chi connectivity index (χ2n) is 5.87. The molecule has 2 aliphatic heterocycles.